The quantitative estimate of drug-likeness (QED) is 0.720. The summed E-state index contributed by atoms with van der Waals surface area (Å²) < 4.78 is 5.16. The first-order chi connectivity index (χ1) is 7.22. The Morgan fingerprint density at radius 3 is 2.80 bits per heavy atom. The molecule has 2 heteroatoms. The van der Waals surface area contributed by atoms with E-state index in [-0.39, 0.29) is 0 Å². The summed E-state index contributed by atoms with van der Waals surface area (Å²) in [5.41, 5.74) is 1.14. The minimum Gasteiger partial charge on any atom is -0.497 e. The van der Waals surface area contributed by atoms with Crippen molar-refractivity contribution in [2.24, 2.45) is 5.92 Å². The number of rotatable bonds is 6. The van der Waals surface area contributed by atoms with Gasteiger partial charge in [-0.25, -0.2) is 0 Å². The first kappa shape index (κ1) is 11.9. The van der Waals surface area contributed by atoms with Crippen molar-refractivity contribution in [2.75, 3.05) is 19.0 Å². The molecule has 0 saturated heterocycles. The molecule has 0 radical (unpaired) electrons. The number of anilines is 1. The van der Waals surface area contributed by atoms with Gasteiger partial charge in [0.05, 0.1) is 7.11 Å². The molecule has 0 heterocycles. The Bertz CT molecular complexity index is 284. The molecule has 0 saturated carbocycles. The van der Waals surface area contributed by atoms with Crippen molar-refractivity contribution in [3.63, 3.8) is 0 Å². The van der Waals surface area contributed by atoms with Crippen LogP contribution in [0.15, 0.2) is 24.3 Å². The average molecular weight is 207 g/mol. The second-order valence-electron chi connectivity index (χ2n) is 4.19. The molecule has 0 aliphatic carbocycles. The minimum atomic E-state index is 0.789. The van der Waals surface area contributed by atoms with Gasteiger partial charge in [-0.2, -0.15) is 0 Å². The zero-order chi connectivity index (χ0) is 11.1. The summed E-state index contributed by atoms with van der Waals surface area (Å²) in [6.07, 6.45) is 2.49. The molecule has 0 aromatic heterocycles. The Kier molecular flexibility index (Phi) is 5.02. The molecule has 0 aliphatic rings. The third kappa shape index (κ3) is 4.73. The van der Waals surface area contributed by atoms with Crippen molar-refractivity contribution in [2.45, 2.75) is 26.7 Å². The van der Waals surface area contributed by atoms with Gasteiger partial charge in [-0.3, -0.25) is 0 Å². The maximum atomic E-state index is 5.16. The van der Waals surface area contributed by atoms with Crippen molar-refractivity contribution in [3.05, 3.63) is 24.3 Å². The highest BCUT2D eigenvalue weighted by atomic mass is 16.5. The van der Waals surface area contributed by atoms with Crippen molar-refractivity contribution in [3.8, 4) is 5.75 Å². The lowest BCUT2D eigenvalue weighted by molar-refractivity contribution is 0.415. The van der Waals surface area contributed by atoms with Crippen LogP contribution in [-0.2, 0) is 0 Å². The summed E-state index contributed by atoms with van der Waals surface area (Å²) in [7, 11) is 1.69. The van der Waals surface area contributed by atoms with Gasteiger partial charge >= 0.3 is 0 Å². The van der Waals surface area contributed by atoms with Crippen molar-refractivity contribution in [1.29, 1.82) is 0 Å². The molecule has 0 fully saturated rings. The van der Waals surface area contributed by atoms with Crippen LogP contribution in [0.1, 0.15) is 26.7 Å². The molecule has 1 aromatic carbocycles. The average Bonchev–Trinajstić information content (AvgIpc) is 2.24. The Labute approximate surface area is 92.6 Å². The predicted molar refractivity (Wildman–Crippen MR) is 65.6 cm³/mol. The molecule has 0 aliphatic heterocycles. The first-order valence-electron chi connectivity index (χ1n) is 5.60. The molecule has 0 atom stereocenters. The zero-order valence-electron chi connectivity index (χ0n) is 9.92. The summed E-state index contributed by atoms with van der Waals surface area (Å²) >= 11 is 0. The second-order valence-corrected chi connectivity index (χ2v) is 4.19. The van der Waals surface area contributed by atoms with Crippen LogP contribution in [0.3, 0.4) is 0 Å². The van der Waals surface area contributed by atoms with Crippen LogP contribution in [0.25, 0.3) is 0 Å². The SMILES string of the molecule is COc1cccc(NCCCC(C)C)c1. The van der Waals surface area contributed by atoms with E-state index in [1.54, 1.807) is 7.11 Å². The fraction of sp³-hybridized carbons (Fsp3) is 0.538. The molecule has 15 heavy (non-hydrogen) atoms. The van der Waals surface area contributed by atoms with Gasteiger partial charge in [0, 0.05) is 18.3 Å². The Hall–Kier alpha value is -1.18. The highest BCUT2D eigenvalue weighted by Gasteiger charge is 1.96. The highest BCUT2D eigenvalue weighted by Crippen LogP contribution is 2.16. The molecular weight excluding hydrogens is 186 g/mol. The summed E-state index contributed by atoms with van der Waals surface area (Å²) in [6.45, 7) is 5.54. The Balaban J connectivity index is 2.30. The molecule has 0 amide bonds. The van der Waals surface area contributed by atoms with Crippen LogP contribution < -0.4 is 10.1 Å². The highest BCUT2D eigenvalue weighted by molar-refractivity contribution is 5.47. The lowest BCUT2D eigenvalue weighted by Crippen LogP contribution is -2.02. The van der Waals surface area contributed by atoms with E-state index in [0.717, 1.165) is 23.9 Å². The monoisotopic (exact) mass is 207 g/mol. The fourth-order valence-corrected chi connectivity index (χ4v) is 1.48. The molecule has 0 bridgehead atoms. The molecule has 84 valence electrons. The maximum absolute atomic E-state index is 5.16. The van der Waals surface area contributed by atoms with E-state index in [2.05, 4.69) is 25.2 Å². The van der Waals surface area contributed by atoms with E-state index in [9.17, 15) is 0 Å². The number of ether oxygens (including phenoxy) is 1. The molecule has 0 spiro atoms. The van der Waals surface area contributed by atoms with Gasteiger partial charge in [0.1, 0.15) is 5.75 Å². The smallest absolute Gasteiger partial charge is 0.120 e. The van der Waals surface area contributed by atoms with E-state index in [0.29, 0.717) is 0 Å². The third-order valence-corrected chi connectivity index (χ3v) is 2.36. The van der Waals surface area contributed by atoms with Gasteiger partial charge in [-0.1, -0.05) is 19.9 Å². The van der Waals surface area contributed by atoms with Gasteiger partial charge in [-0.15, -0.1) is 0 Å². The van der Waals surface area contributed by atoms with Gasteiger partial charge in [0.25, 0.3) is 0 Å². The third-order valence-electron chi connectivity index (χ3n) is 2.36. The summed E-state index contributed by atoms with van der Waals surface area (Å²) in [4.78, 5) is 0. The summed E-state index contributed by atoms with van der Waals surface area (Å²) in [5, 5.41) is 3.39. The molecular formula is C13H21NO. The van der Waals surface area contributed by atoms with Crippen molar-refractivity contribution < 1.29 is 4.74 Å². The van der Waals surface area contributed by atoms with Gasteiger partial charge < -0.3 is 10.1 Å². The predicted octanol–water partition coefficient (Wildman–Crippen LogP) is 3.54. The van der Waals surface area contributed by atoms with Gasteiger partial charge in [-0.05, 0) is 30.9 Å². The summed E-state index contributed by atoms with van der Waals surface area (Å²) in [6, 6.07) is 8.05. The number of hydrogen-bond donors (Lipinski definition) is 1. The lowest BCUT2D eigenvalue weighted by atomic mass is 10.1. The Morgan fingerprint density at radius 2 is 2.13 bits per heavy atom. The fourth-order valence-electron chi connectivity index (χ4n) is 1.48. The second kappa shape index (κ2) is 6.33. The molecule has 1 N–H and O–H groups in total. The van der Waals surface area contributed by atoms with Gasteiger partial charge in [0.2, 0.25) is 0 Å². The van der Waals surface area contributed by atoms with E-state index in [4.69, 9.17) is 4.74 Å². The standard InChI is InChI=1S/C13H21NO/c1-11(2)6-5-9-14-12-7-4-8-13(10-12)15-3/h4,7-8,10-11,14H,5-6,9H2,1-3H3. The molecule has 2 nitrogen and oxygen atoms in total. The van der Waals surface area contributed by atoms with Crippen LogP contribution in [0, 0.1) is 5.92 Å². The van der Waals surface area contributed by atoms with Crippen molar-refractivity contribution in [1.82, 2.24) is 0 Å². The topological polar surface area (TPSA) is 21.3 Å². The number of hydrogen-bond acceptors (Lipinski definition) is 2. The molecule has 0 unspecified atom stereocenters. The van der Waals surface area contributed by atoms with E-state index in [1.165, 1.54) is 12.8 Å². The zero-order valence-corrected chi connectivity index (χ0v) is 9.92. The number of methoxy groups -OCH3 is 1. The molecule has 1 rings (SSSR count). The summed E-state index contributed by atoms with van der Waals surface area (Å²) in [5.74, 6) is 1.70. The van der Waals surface area contributed by atoms with Crippen LogP contribution in [0.2, 0.25) is 0 Å². The molecule has 1 aromatic rings. The van der Waals surface area contributed by atoms with Crippen molar-refractivity contribution >= 4 is 5.69 Å². The van der Waals surface area contributed by atoms with E-state index in [1.807, 2.05) is 18.2 Å². The number of benzene rings is 1. The van der Waals surface area contributed by atoms with E-state index >= 15 is 0 Å². The lowest BCUT2D eigenvalue weighted by Gasteiger charge is -2.08. The normalized spacial score (nSPS) is 10.4. The largest absolute Gasteiger partial charge is 0.497 e. The van der Waals surface area contributed by atoms with Crippen LogP contribution >= 0.6 is 0 Å². The minimum absolute atomic E-state index is 0.789. The van der Waals surface area contributed by atoms with Crippen LogP contribution in [0.5, 0.6) is 5.75 Å². The van der Waals surface area contributed by atoms with Gasteiger partial charge in [0.15, 0.2) is 0 Å². The first-order valence-corrected chi connectivity index (χ1v) is 5.60. The Morgan fingerprint density at radius 1 is 1.33 bits per heavy atom. The number of nitrogens with one attached hydrogen (secondary N) is 1. The maximum Gasteiger partial charge on any atom is 0.120 e. The van der Waals surface area contributed by atoms with E-state index < -0.39 is 0 Å². The van der Waals surface area contributed by atoms with Crippen LogP contribution in [0.4, 0.5) is 5.69 Å². The van der Waals surface area contributed by atoms with Crippen LogP contribution in [-0.4, -0.2) is 13.7 Å².